The fourth-order valence-electron chi connectivity index (χ4n) is 5.09. The molecule has 2 unspecified atom stereocenters. The minimum Gasteiger partial charge on any atom is -0.350 e. The Labute approximate surface area is 218 Å². The molecule has 2 aliphatic rings. The number of nitrogens with zero attached hydrogens (tertiary/aromatic N) is 3. The zero-order valence-electron chi connectivity index (χ0n) is 21.7. The number of carbonyl (C=O) groups is 3. The third-order valence-corrected chi connectivity index (χ3v) is 7.01. The van der Waals surface area contributed by atoms with Gasteiger partial charge in [-0.3, -0.25) is 19.8 Å². The van der Waals surface area contributed by atoms with Gasteiger partial charge in [0.2, 0.25) is 11.8 Å². The lowest BCUT2D eigenvalue weighted by Gasteiger charge is -2.35. The molecule has 194 valence electrons. The largest absolute Gasteiger partial charge is 0.350 e. The van der Waals surface area contributed by atoms with Crippen molar-refractivity contribution in [2.24, 2.45) is 11.0 Å². The first kappa shape index (κ1) is 26.1. The first-order chi connectivity index (χ1) is 17.8. The number of hydrazone groups is 1. The maximum absolute atomic E-state index is 13.8. The van der Waals surface area contributed by atoms with Gasteiger partial charge < -0.3 is 15.1 Å². The molecule has 8 nitrogen and oxygen atoms in total. The topological polar surface area (TPSA) is 94.1 Å². The van der Waals surface area contributed by atoms with Gasteiger partial charge in [-0.2, -0.15) is 5.10 Å². The molecule has 3 amide bonds. The van der Waals surface area contributed by atoms with E-state index < -0.39 is 12.1 Å². The second-order valence-corrected chi connectivity index (χ2v) is 9.86. The van der Waals surface area contributed by atoms with Crippen LogP contribution in [0.3, 0.4) is 0 Å². The van der Waals surface area contributed by atoms with Gasteiger partial charge in [0, 0.05) is 31.4 Å². The Kier molecular flexibility index (Phi) is 8.06. The van der Waals surface area contributed by atoms with Crippen molar-refractivity contribution in [3.63, 3.8) is 0 Å². The summed E-state index contributed by atoms with van der Waals surface area (Å²) >= 11 is 0. The van der Waals surface area contributed by atoms with Gasteiger partial charge in [-0.05, 0) is 48.4 Å². The smallest absolute Gasteiger partial charge is 0.255 e. The number of likely N-dealkylation sites (tertiary alicyclic amines) is 1. The van der Waals surface area contributed by atoms with Crippen LogP contribution in [0.25, 0.3) is 5.70 Å². The van der Waals surface area contributed by atoms with Crippen LogP contribution in [0.15, 0.2) is 60.2 Å². The summed E-state index contributed by atoms with van der Waals surface area (Å²) < 4.78 is 0. The normalized spacial score (nSPS) is 17.8. The zero-order valence-corrected chi connectivity index (χ0v) is 21.7. The Morgan fingerprint density at radius 3 is 2.57 bits per heavy atom. The number of benzene rings is 2. The Morgan fingerprint density at radius 1 is 1.16 bits per heavy atom. The van der Waals surface area contributed by atoms with E-state index >= 15 is 0 Å². The molecule has 2 aromatic rings. The number of nitrogens with one attached hydrogen (secondary N) is 2. The highest BCUT2D eigenvalue weighted by molar-refractivity contribution is 6.01. The van der Waals surface area contributed by atoms with E-state index in [0.29, 0.717) is 37.3 Å². The van der Waals surface area contributed by atoms with Crippen LogP contribution in [0.5, 0.6) is 0 Å². The van der Waals surface area contributed by atoms with Gasteiger partial charge in [-0.15, -0.1) is 0 Å². The molecule has 0 bridgehead atoms. The van der Waals surface area contributed by atoms with E-state index in [4.69, 9.17) is 0 Å². The molecule has 0 saturated carbocycles. The van der Waals surface area contributed by atoms with Gasteiger partial charge in [0.15, 0.2) is 0 Å². The Bertz CT molecular complexity index is 1200. The van der Waals surface area contributed by atoms with Crippen LogP contribution in [0, 0.1) is 5.92 Å². The average Bonchev–Trinajstić information content (AvgIpc) is 3.51. The number of hydrogen-bond donors (Lipinski definition) is 2. The molecule has 2 N–H and O–H groups in total. The van der Waals surface area contributed by atoms with Crippen molar-refractivity contribution in [1.29, 1.82) is 0 Å². The van der Waals surface area contributed by atoms with Crippen molar-refractivity contribution in [2.75, 3.05) is 6.54 Å². The van der Waals surface area contributed by atoms with E-state index in [2.05, 4.69) is 22.4 Å². The predicted molar refractivity (Wildman–Crippen MR) is 144 cm³/mol. The molecule has 2 aliphatic heterocycles. The Balaban J connectivity index is 1.40. The van der Waals surface area contributed by atoms with E-state index in [1.165, 1.54) is 0 Å². The summed E-state index contributed by atoms with van der Waals surface area (Å²) in [6.07, 6.45) is 3.02. The van der Waals surface area contributed by atoms with Gasteiger partial charge in [0.1, 0.15) is 12.1 Å². The molecule has 8 heteroatoms. The standard InChI is InChI=1S/C29H35N5O3/c1-5-31-32-20(4)22-14-12-21(13-15-22)17-30-27(35)25-11-8-16-33(25)29(37)26(19(2)3)34-18-23-9-6-7-10-24(23)28(34)36/h5-7,9-10,12-15,19,25-26,32H,4,8,11,16-18H2,1-3H3,(H,30,35)/b31-5-. The lowest BCUT2D eigenvalue weighted by molar-refractivity contribution is -0.143. The first-order valence-electron chi connectivity index (χ1n) is 12.8. The second kappa shape index (κ2) is 11.4. The van der Waals surface area contributed by atoms with Crippen LogP contribution in [0.4, 0.5) is 0 Å². The molecule has 2 aromatic carbocycles. The average molecular weight is 502 g/mol. The van der Waals surface area contributed by atoms with Crippen molar-refractivity contribution in [3.8, 4) is 0 Å². The number of fused-ring (bicyclic) bond motifs is 1. The van der Waals surface area contributed by atoms with E-state index in [-0.39, 0.29) is 23.6 Å². The Hall–Kier alpha value is -3.94. The van der Waals surface area contributed by atoms with Gasteiger partial charge in [0.25, 0.3) is 5.91 Å². The lowest BCUT2D eigenvalue weighted by Crippen LogP contribution is -2.55. The fraction of sp³-hybridized carbons (Fsp3) is 0.379. The van der Waals surface area contributed by atoms with Crippen LogP contribution >= 0.6 is 0 Å². The minimum atomic E-state index is -0.611. The van der Waals surface area contributed by atoms with E-state index in [1.807, 2.05) is 69.3 Å². The van der Waals surface area contributed by atoms with Gasteiger partial charge in [0.05, 0.1) is 5.70 Å². The van der Waals surface area contributed by atoms with Crippen molar-refractivity contribution in [2.45, 2.75) is 58.8 Å². The molecule has 0 spiro atoms. The fourth-order valence-corrected chi connectivity index (χ4v) is 5.09. The molecule has 0 aromatic heterocycles. The molecule has 37 heavy (non-hydrogen) atoms. The van der Waals surface area contributed by atoms with E-state index in [0.717, 1.165) is 23.1 Å². The van der Waals surface area contributed by atoms with Gasteiger partial charge in [-0.25, -0.2) is 0 Å². The SMILES string of the molecule is C=C(N/N=C\C)c1ccc(CNC(=O)C2CCCN2C(=O)C(C(C)C)N2Cc3ccccc3C2=O)cc1. The molecule has 0 radical (unpaired) electrons. The maximum Gasteiger partial charge on any atom is 0.255 e. The van der Waals surface area contributed by atoms with Crippen molar-refractivity contribution in [3.05, 3.63) is 77.4 Å². The quantitative estimate of drug-likeness (QED) is 0.406. The summed E-state index contributed by atoms with van der Waals surface area (Å²) in [5.74, 6) is -0.526. The highest BCUT2D eigenvalue weighted by atomic mass is 16.2. The van der Waals surface area contributed by atoms with Gasteiger partial charge in [-0.1, -0.05) is 62.9 Å². The van der Waals surface area contributed by atoms with E-state index in [9.17, 15) is 14.4 Å². The zero-order chi connectivity index (χ0) is 26.5. The summed E-state index contributed by atoms with van der Waals surface area (Å²) in [6.45, 7) is 11.0. The molecule has 1 fully saturated rings. The molecule has 2 heterocycles. The van der Waals surface area contributed by atoms with Crippen LogP contribution < -0.4 is 10.7 Å². The van der Waals surface area contributed by atoms with Crippen LogP contribution in [-0.2, 0) is 22.7 Å². The lowest BCUT2D eigenvalue weighted by atomic mass is 10.0. The summed E-state index contributed by atoms with van der Waals surface area (Å²) in [6, 6.07) is 14.0. The Morgan fingerprint density at radius 2 is 1.89 bits per heavy atom. The second-order valence-electron chi connectivity index (χ2n) is 9.86. The molecule has 1 saturated heterocycles. The molecule has 0 aliphatic carbocycles. The van der Waals surface area contributed by atoms with Crippen LogP contribution in [0.1, 0.15) is 60.7 Å². The third-order valence-electron chi connectivity index (χ3n) is 7.01. The summed E-state index contributed by atoms with van der Waals surface area (Å²) in [5.41, 5.74) is 6.99. The summed E-state index contributed by atoms with van der Waals surface area (Å²) in [5, 5.41) is 6.97. The summed E-state index contributed by atoms with van der Waals surface area (Å²) in [4.78, 5) is 43.4. The van der Waals surface area contributed by atoms with Gasteiger partial charge >= 0.3 is 0 Å². The van der Waals surface area contributed by atoms with Crippen molar-refractivity contribution >= 4 is 29.6 Å². The first-order valence-corrected chi connectivity index (χ1v) is 12.8. The number of hydrogen-bond acceptors (Lipinski definition) is 5. The van der Waals surface area contributed by atoms with Crippen LogP contribution in [-0.4, -0.2) is 52.4 Å². The molecular formula is C29H35N5O3. The monoisotopic (exact) mass is 501 g/mol. The number of rotatable bonds is 9. The summed E-state index contributed by atoms with van der Waals surface area (Å²) in [7, 11) is 0. The predicted octanol–water partition coefficient (Wildman–Crippen LogP) is 3.54. The van der Waals surface area contributed by atoms with Crippen LogP contribution in [0.2, 0.25) is 0 Å². The van der Waals surface area contributed by atoms with Crippen molar-refractivity contribution in [1.82, 2.24) is 20.5 Å². The minimum absolute atomic E-state index is 0.0826. The third kappa shape index (κ3) is 5.58. The molecular weight excluding hydrogens is 466 g/mol. The number of carbonyl (C=O) groups excluding carboxylic acids is 3. The van der Waals surface area contributed by atoms with Crippen molar-refractivity contribution < 1.29 is 14.4 Å². The highest BCUT2D eigenvalue weighted by Gasteiger charge is 2.43. The number of amides is 3. The molecule has 2 atom stereocenters. The van der Waals surface area contributed by atoms with E-state index in [1.54, 1.807) is 16.0 Å². The highest BCUT2D eigenvalue weighted by Crippen LogP contribution is 2.30. The maximum atomic E-state index is 13.8. The molecule has 4 rings (SSSR count).